The molecule has 1 aliphatic heterocycles. The van der Waals surface area contributed by atoms with Crippen molar-refractivity contribution in [3.05, 3.63) is 35.9 Å². The topological polar surface area (TPSA) is 46.6 Å². The van der Waals surface area contributed by atoms with Crippen molar-refractivity contribution in [3.8, 4) is 0 Å². The van der Waals surface area contributed by atoms with Gasteiger partial charge < -0.3 is 4.74 Å². The summed E-state index contributed by atoms with van der Waals surface area (Å²) in [6, 6.07) is 9.69. The quantitative estimate of drug-likeness (QED) is 0.836. The van der Waals surface area contributed by atoms with Gasteiger partial charge in [-0.3, -0.25) is 4.79 Å². The van der Waals surface area contributed by atoms with Gasteiger partial charge in [0.2, 0.25) is 5.91 Å². The lowest BCUT2D eigenvalue weighted by molar-refractivity contribution is -0.134. The summed E-state index contributed by atoms with van der Waals surface area (Å²) in [5.74, 6) is -0.0156. The van der Waals surface area contributed by atoms with Gasteiger partial charge >= 0.3 is 6.09 Å². The summed E-state index contributed by atoms with van der Waals surface area (Å²) >= 11 is 0. The number of rotatable bonds is 5. The highest BCUT2D eigenvalue weighted by atomic mass is 16.6. The molecule has 0 spiro atoms. The van der Waals surface area contributed by atoms with Crippen molar-refractivity contribution in [2.45, 2.75) is 39.7 Å². The number of ether oxygens (including phenoxy) is 1. The molecule has 0 radical (unpaired) electrons. The number of imide groups is 1. The van der Waals surface area contributed by atoms with E-state index in [4.69, 9.17) is 4.74 Å². The number of carbonyl (C=O) groups excluding carboxylic acids is 2. The molecule has 21 heavy (non-hydrogen) atoms. The maximum Gasteiger partial charge on any atom is 0.416 e. The van der Waals surface area contributed by atoms with Gasteiger partial charge in [0.05, 0.1) is 6.04 Å². The number of benzene rings is 1. The first-order valence-corrected chi connectivity index (χ1v) is 7.58. The molecule has 0 aromatic heterocycles. The fraction of sp³-hybridized carbons (Fsp3) is 0.529. The molecule has 0 N–H and O–H groups in total. The summed E-state index contributed by atoms with van der Waals surface area (Å²) in [7, 11) is 0. The van der Waals surface area contributed by atoms with Crippen LogP contribution in [-0.4, -0.2) is 29.5 Å². The molecule has 1 heterocycles. The van der Waals surface area contributed by atoms with E-state index in [-0.39, 0.29) is 30.4 Å². The lowest BCUT2D eigenvalue weighted by atomic mass is 9.91. The molecule has 4 heteroatoms. The summed E-state index contributed by atoms with van der Waals surface area (Å²) < 4.78 is 5.11. The van der Waals surface area contributed by atoms with E-state index in [0.29, 0.717) is 6.42 Å². The minimum Gasteiger partial charge on any atom is -0.447 e. The van der Waals surface area contributed by atoms with Crippen LogP contribution < -0.4 is 0 Å². The Morgan fingerprint density at radius 3 is 2.57 bits per heavy atom. The fourth-order valence-electron chi connectivity index (χ4n) is 2.88. The van der Waals surface area contributed by atoms with Crippen LogP contribution in [0.5, 0.6) is 0 Å². The third-order valence-corrected chi connectivity index (χ3v) is 4.07. The van der Waals surface area contributed by atoms with Crippen LogP contribution in [0.4, 0.5) is 4.79 Å². The monoisotopic (exact) mass is 289 g/mol. The van der Waals surface area contributed by atoms with E-state index in [1.807, 2.05) is 51.1 Å². The number of amides is 2. The lowest BCUT2D eigenvalue weighted by Gasteiger charge is -2.26. The minimum absolute atomic E-state index is 0.101. The SMILES string of the molecule is CC[C@H](C(=O)N1C(=O)OC[C@@H]1Cc1ccccc1)C(C)C. The third kappa shape index (κ3) is 3.43. The predicted octanol–water partition coefficient (Wildman–Crippen LogP) is 3.26. The largest absolute Gasteiger partial charge is 0.447 e. The predicted molar refractivity (Wildman–Crippen MR) is 80.7 cm³/mol. The zero-order chi connectivity index (χ0) is 15.4. The van der Waals surface area contributed by atoms with E-state index in [1.165, 1.54) is 4.90 Å². The van der Waals surface area contributed by atoms with Gasteiger partial charge in [-0.25, -0.2) is 9.69 Å². The average molecular weight is 289 g/mol. The van der Waals surface area contributed by atoms with E-state index in [1.54, 1.807) is 0 Å². The van der Waals surface area contributed by atoms with Crippen molar-refractivity contribution in [3.63, 3.8) is 0 Å². The van der Waals surface area contributed by atoms with Gasteiger partial charge in [0, 0.05) is 5.92 Å². The Bertz CT molecular complexity index is 498. The van der Waals surface area contributed by atoms with Crippen LogP contribution in [0.15, 0.2) is 30.3 Å². The average Bonchev–Trinajstić information content (AvgIpc) is 2.81. The minimum atomic E-state index is -0.500. The van der Waals surface area contributed by atoms with Crippen molar-refractivity contribution in [1.29, 1.82) is 0 Å². The summed E-state index contributed by atoms with van der Waals surface area (Å²) in [6.45, 7) is 6.30. The first-order chi connectivity index (χ1) is 10.0. The van der Waals surface area contributed by atoms with Crippen molar-refractivity contribution in [2.24, 2.45) is 11.8 Å². The molecule has 1 aromatic carbocycles. The Balaban J connectivity index is 2.15. The van der Waals surface area contributed by atoms with E-state index < -0.39 is 6.09 Å². The van der Waals surface area contributed by atoms with Crippen LogP contribution in [0.1, 0.15) is 32.8 Å². The molecule has 1 aromatic rings. The van der Waals surface area contributed by atoms with Crippen molar-refractivity contribution in [1.82, 2.24) is 4.90 Å². The van der Waals surface area contributed by atoms with E-state index in [2.05, 4.69) is 0 Å². The Hall–Kier alpha value is -1.84. The summed E-state index contributed by atoms with van der Waals surface area (Å²) in [6.07, 6.45) is 0.880. The highest BCUT2D eigenvalue weighted by molar-refractivity contribution is 5.94. The molecule has 1 saturated heterocycles. The number of hydrogen-bond acceptors (Lipinski definition) is 3. The molecule has 0 unspecified atom stereocenters. The second-order valence-electron chi connectivity index (χ2n) is 5.89. The second-order valence-corrected chi connectivity index (χ2v) is 5.89. The Kier molecular flexibility index (Phi) is 4.99. The number of carbonyl (C=O) groups is 2. The number of nitrogens with zero attached hydrogens (tertiary/aromatic N) is 1. The highest BCUT2D eigenvalue weighted by Gasteiger charge is 2.40. The standard InChI is InChI=1S/C17H23NO3/c1-4-15(12(2)3)16(19)18-14(11-21-17(18)20)10-13-8-6-5-7-9-13/h5-9,12,14-15H,4,10-11H2,1-3H3/t14-,15-/m0/s1. The number of cyclic esters (lactones) is 1. The van der Waals surface area contributed by atoms with Crippen LogP contribution in [0.2, 0.25) is 0 Å². The van der Waals surface area contributed by atoms with Crippen molar-refractivity contribution < 1.29 is 14.3 Å². The lowest BCUT2D eigenvalue weighted by Crippen LogP contribution is -2.44. The maximum absolute atomic E-state index is 12.7. The van der Waals surface area contributed by atoms with Crippen molar-refractivity contribution in [2.75, 3.05) is 6.61 Å². The van der Waals surface area contributed by atoms with Crippen LogP contribution in [0.25, 0.3) is 0 Å². The van der Waals surface area contributed by atoms with E-state index in [9.17, 15) is 9.59 Å². The second kappa shape index (κ2) is 6.74. The molecule has 0 bridgehead atoms. The Morgan fingerprint density at radius 1 is 1.33 bits per heavy atom. The van der Waals surface area contributed by atoms with Gasteiger partial charge in [0.1, 0.15) is 6.61 Å². The molecule has 2 amide bonds. The van der Waals surface area contributed by atoms with Gasteiger partial charge in [-0.05, 0) is 24.3 Å². The summed E-state index contributed by atoms with van der Waals surface area (Å²) in [5, 5.41) is 0. The Morgan fingerprint density at radius 2 is 2.00 bits per heavy atom. The highest BCUT2D eigenvalue weighted by Crippen LogP contribution is 2.24. The van der Waals surface area contributed by atoms with Crippen molar-refractivity contribution >= 4 is 12.0 Å². The van der Waals surface area contributed by atoms with Gasteiger partial charge in [-0.15, -0.1) is 0 Å². The first kappa shape index (κ1) is 15.5. The molecule has 2 rings (SSSR count). The van der Waals surface area contributed by atoms with Crippen LogP contribution in [0.3, 0.4) is 0 Å². The number of hydrogen-bond donors (Lipinski definition) is 0. The smallest absolute Gasteiger partial charge is 0.416 e. The van der Waals surface area contributed by atoms with E-state index in [0.717, 1.165) is 12.0 Å². The normalized spacial score (nSPS) is 19.7. The molecule has 2 atom stereocenters. The summed E-state index contributed by atoms with van der Waals surface area (Å²) in [4.78, 5) is 25.9. The fourth-order valence-corrected chi connectivity index (χ4v) is 2.88. The molecule has 0 saturated carbocycles. The molecule has 1 fully saturated rings. The van der Waals surface area contributed by atoms with Crippen LogP contribution in [0, 0.1) is 11.8 Å². The zero-order valence-corrected chi connectivity index (χ0v) is 12.9. The molecule has 0 aliphatic carbocycles. The Labute approximate surface area is 126 Å². The van der Waals surface area contributed by atoms with Gasteiger partial charge in [0.15, 0.2) is 0 Å². The third-order valence-electron chi connectivity index (χ3n) is 4.07. The molecule has 1 aliphatic rings. The van der Waals surface area contributed by atoms with Crippen LogP contribution in [-0.2, 0) is 16.0 Å². The first-order valence-electron chi connectivity index (χ1n) is 7.58. The van der Waals surface area contributed by atoms with E-state index >= 15 is 0 Å². The van der Waals surface area contributed by atoms with Gasteiger partial charge in [0.25, 0.3) is 0 Å². The molecule has 4 nitrogen and oxygen atoms in total. The van der Waals surface area contributed by atoms with Gasteiger partial charge in [-0.1, -0.05) is 51.1 Å². The molecule has 114 valence electrons. The zero-order valence-electron chi connectivity index (χ0n) is 12.9. The summed E-state index contributed by atoms with van der Waals surface area (Å²) in [5.41, 5.74) is 1.11. The molecular formula is C17H23NO3. The molecular weight excluding hydrogens is 266 g/mol. The van der Waals surface area contributed by atoms with Gasteiger partial charge in [-0.2, -0.15) is 0 Å². The van der Waals surface area contributed by atoms with Crippen LogP contribution >= 0.6 is 0 Å². The maximum atomic E-state index is 12.7.